The summed E-state index contributed by atoms with van der Waals surface area (Å²) in [4.78, 5) is 157. The number of aromatic nitrogens is 3. The first-order valence-electron chi connectivity index (χ1n) is 40.1. The van der Waals surface area contributed by atoms with E-state index in [9.17, 15) is 39.1 Å². The molecular weight excluding hydrogens is 1550 g/mol. The first kappa shape index (κ1) is 85.1. The fourth-order valence-corrected chi connectivity index (χ4v) is 18.8. The molecule has 4 saturated heterocycles. The van der Waals surface area contributed by atoms with Crippen LogP contribution in [0.1, 0.15) is 160 Å². The van der Waals surface area contributed by atoms with Gasteiger partial charge in [-0.3, -0.25) is 43.2 Å². The Morgan fingerprint density at radius 1 is 0.534 bits per heavy atom. The molecule has 5 aliphatic rings. The second-order valence-corrected chi connectivity index (χ2v) is 37.5. The van der Waals surface area contributed by atoms with Gasteiger partial charge in [-0.05, 0) is 145 Å². The zero-order valence-corrected chi connectivity index (χ0v) is 71.4. The highest BCUT2D eigenvalue weighted by Crippen LogP contribution is 2.40. The number of nitriles is 1. The number of aryl methyl sites for hydroxylation is 3. The van der Waals surface area contributed by atoms with E-state index in [1.165, 1.54) is 49.1 Å². The van der Waals surface area contributed by atoms with Crippen LogP contribution in [0.25, 0.3) is 31.3 Å². The van der Waals surface area contributed by atoms with E-state index >= 15 is 14.4 Å². The summed E-state index contributed by atoms with van der Waals surface area (Å²) in [6, 6.07) is 28.3. The number of nitrogens with zero attached hydrogens (tertiary/aromatic N) is 9. The summed E-state index contributed by atoms with van der Waals surface area (Å²) < 4.78 is 13.3. The Bertz CT molecular complexity index is 5130. The molecule has 6 N–H and O–H groups in total. The van der Waals surface area contributed by atoms with Gasteiger partial charge in [-0.1, -0.05) is 135 Å². The van der Waals surface area contributed by atoms with Gasteiger partial charge in [-0.25, -0.2) is 15.0 Å². The maximum absolute atomic E-state index is 15.6. The molecule has 118 heavy (non-hydrogen) atoms. The number of aliphatic hydroxyl groups is 1. The van der Waals surface area contributed by atoms with Gasteiger partial charge in [0.1, 0.15) is 66.0 Å². The summed E-state index contributed by atoms with van der Waals surface area (Å²) in [5, 5.41) is 37.0. The van der Waals surface area contributed by atoms with Gasteiger partial charge in [-0.15, -0.1) is 34.0 Å². The number of amides is 9. The van der Waals surface area contributed by atoms with E-state index in [4.69, 9.17) is 9.47 Å². The van der Waals surface area contributed by atoms with Crippen LogP contribution in [0.4, 0.5) is 0 Å². The molecule has 5 aromatic carbocycles. The summed E-state index contributed by atoms with van der Waals surface area (Å²) in [6.07, 6.45) is -1.24. The number of fused-ring (bicyclic) bond motifs is 1. The second-order valence-electron chi connectivity index (χ2n) is 34.9. The number of nitrogens with one attached hydrogen (secondary N) is 5. The van der Waals surface area contributed by atoms with Crippen LogP contribution in [0.2, 0.25) is 0 Å². The molecule has 0 radical (unpaired) electrons. The predicted molar refractivity (Wildman–Crippen MR) is 451 cm³/mol. The Balaban J connectivity index is 0.706. The summed E-state index contributed by atoms with van der Waals surface area (Å²) >= 11 is 4.61. The van der Waals surface area contributed by atoms with Gasteiger partial charge in [0.15, 0.2) is 0 Å². The van der Waals surface area contributed by atoms with Gasteiger partial charge in [0.05, 0.1) is 78.6 Å². The fourth-order valence-electron chi connectivity index (χ4n) is 16.4. The number of ether oxygens (including phenoxy) is 2. The van der Waals surface area contributed by atoms with Crippen LogP contribution in [-0.2, 0) is 59.7 Å². The van der Waals surface area contributed by atoms with E-state index in [-0.39, 0.29) is 93.8 Å². The van der Waals surface area contributed by atoms with Crippen LogP contribution in [0.15, 0.2) is 126 Å². The molecule has 4 fully saturated rings. The molecule has 0 spiro atoms. The van der Waals surface area contributed by atoms with Gasteiger partial charge in [0.2, 0.25) is 41.4 Å². The maximum Gasteiger partial charge on any atom is 0.255 e. The van der Waals surface area contributed by atoms with Gasteiger partial charge in [-0.2, -0.15) is 5.26 Å². The summed E-state index contributed by atoms with van der Waals surface area (Å²) in [5.74, 6) is -4.07. The number of likely N-dealkylation sites (tertiary alicyclic amines) is 4. The lowest BCUT2D eigenvalue weighted by molar-refractivity contribution is -0.145. The lowest BCUT2D eigenvalue weighted by atomic mass is 9.84. The average Bonchev–Trinajstić information content (AvgIpc) is 1.64. The van der Waals surface area contributed by atoms with E-state index < -0.39 is 118 Å². The van der Waals surface area contributed by atoms with E-state index in [0.717, 1.165) is 78.2 Å². The molecule has 620 valence electrons. The van der Waals surface area contributed by atoms with Crippen molar-refractivity contribution >= 4 is 87.2 Å². The number of carbonyl (C=O) groups excluding carboxylic acids is 9. The Hall–Kier alpha value is -10.8. The third-order valence-electron chi connectivity index (χ3n) is 23.0. The zero-order chi connectivity index (χ0) is 84.4. The summed E-state index contributed by atoms with van der Waals surface area (Å²) in [5.41, 5.74) is 11.6. The number of hydrogen-bond acceptors (Lipinski definition) is 20. The number of carbonyl (C=O) groups is 9. The molecule has 26 nitrogen and oxygen atoms in total. The number of β-amino-alcohol motifs (C(OH)–C–C–N with tert-alkyl or cyclic N) is 1. The van der Waals surface area contributed by atoms with Crippen molar-refractivity contribution in [1.82, 2.24) is 66.0 Å². The van der Waals surface area contributed by atoms with Crippen LogP contribution < -0.4 is 36.1 Å². The van der Waals surface area contributed by atoms with Crippen molar-refractivity contribution in [3.05, 3.63) is 182 Å². The number of aliphatic hydroxyl groups excluding tert-OH is 1. The number of piperidine rings is 1. The van der Waals surface area contributed by atoms with Gasteiger partial charge in [0, 0.05) is 63.5 Å². The molecule has 0 saturated carbocycles. The van der Waals surface area contributed by atoms with Crippen LogP contribution >= 0.6 is 34.0 Å². The van der Waals surface area contributed by atoms with E-state index in [1.807, 2.05) is 142 Å². The van der Waals surface area contributed by atoms with Crippen molar-refractivity contribution in [2.24, 2.45) is 22.2 Å². The van der Waals surface area contributed by atoms with Crippen molar-refractivity contribution in [2.45, 2.75) is 196 Å². The summed E-state index contributed by atoms with van der Waals surface area (Å²) in [7, 11) is 2.01. The standard InChI is InChI=1S/C89H104N14O12S3/c1-50-72(116-47-94-50)56-20-14-53(15-21-56)40-91-80(107)69-36-62(104)44-100(69)86(113)77(89(10,11)12)103-43-61-35-64(27-29-68(61)83(103)110)115-66-38-71(82(109)93-42-55-18-24-58(25-19-55)74-52(3)96-49-118-74)102(46-66)85(112)76(88(7,8)9)98-79(106)67-28-26-63(34-60(67)39-90)114-65-37-70(81(108)92-41-54-16-22-57(23-17-54)73-51(2)95-48-117-73)101(45-65)84(111)75(87(4,5)6)97-78(105)59-30-32-99(13)33-31-59/h14-29,34-35,47-49,59,62,65-66,69-71,75-77,104H,30-33,36-38,40-46H2,1-13H3,(H,91,107)(H,92,108)(H,93,109)(H,97,105)(H,98,106)/t62-,65-,66-,69+,70+,71+,75-,76-,77-/m1/s1. The Morgan fingerprint density at radius 3 is 1.36 bits per heavy atom. The van der Waals surface area contributed by atoms with Crippen molar-refractivity contribution in [2.75, 3.05) is 39.8 Å². The molecule has 8 aromatic rings. The van der Waals surface area contributed by atoms with Crippen LogP contribution in [0.5, 0.6) is 11.5 Å². The van der Waals surface area contributed by atoms with E-state index in [1.54, 1.807) is 78.2 Å². The smallest absolute Gasteiger partial charge is 0.255 e. The molecule has 5 aliphatic heterocycles. The third kappa shape index (κ3) is 19.2. The highest BCUT2D eigenvalue weighted by Gasteiger charge is 2.51. The minimum Gasteiger partial charge on any atom is -0.488 e. The Morgan fingerprint density at radius 2 is 0.949 bits per heavy atom. The van der Waals surface area contributed by atoms with E-state index in [2.05, 4.69) is 52.5 Å². The van der Waals surface area contributed by atoms with Crippen LogP contribution in [0, 0.1) is 54.3 Å². The molecular formula is C89H104N14O12S3. The highest BCUT2D eigenvalue weighted by molar-refractivity contribution is 7.14. The molecule has 9 atom stereocenters. The summed E-state index contributed by atoms with van der Waals surface area (Å²) in [6.45, 7) is 24.0. The molecule has 0 aliphatic carbocycles. The van der Waals surface area contributed by atoms with Crippen LogP contribution in [0.3, 0.4) is 0 Å². The van der Waals surface area contributed by atoms with Gasteiger partial charge >= 0.3 is 0 Å². The van der Waals surface area contributed by atoms with Crippen molar-refractivity contribution in [3.8, 4) is 48.9 Å². The zero-order valence-electron chi connectivity index (χ0n) is 69.0. The molecule has 13 rings (SSSR count). The highest BCUT2D eigenvalue weighted by atomic mass is 32.1. The van der Waals surface area contributed by atoms with Gasteiger partial charge < -0.3 is 65.7 Å². The van der Waals surface area contributed by atoms with Crippen molar-refractivity contribution in [1.29, 1.82) is 5.26 Å². The molecule has 0 bridgehead atoms. The lowest BCUT2D eigenvalue weighted by Crippen LogP contribution is -2.58. The number of benzene rings is 5. The quantitative estimate of drug-likeness (QED) is 0.0327. The average molecular weight is 1660 g/mol. The molecule has 3 aromatic heterocycles. The number of rotatable bonds is 24. The SMILES string of the molecule is Cc1ncsc1-c1ccc(CNC(=O)[C@@H]2C[C@@H](Oc3ccc4c(c3)CN([C@H](C(=O)N3C[C@H](O)C[C@H]3C(=O)NCc3ccc(-c5scnc5C)cc3)C(C)(C)C)C4=O)CN2C(=O)[C@@H](NC(=O)c2ccc(O[C@@H]3C[C@@H](C(=O)NCc4ccc(-c5scnc5C)cc4)N(C(=O)[C@@H](NC(=O)C4CCN(C)CC4)C(C)(C)C)C3)cc2C#N)C(C)(C)C)cc1. The molecule has 0 unspecified atom stereocenters. The normalized spacial score (nSPS) is 19.9. The first-order chi connectivity index (χ1) is 56.1. The fraction of sp³-hybridized carbons (Fsp3) is 0.449. The number of hydrogen-bond donors (Lipinski definition) is 6. The number of thiazole rings is 3. The minimum atomic E-state index is -1.30. The second kappa shape index (κ2) is 35.4. The molecule has 9 amide bonds. The Labute approximate surface area is 700 Å². The van der Waals surface area contributed by atoms with Gasteiger partial charge in [0.25, 0.3) is 11.8 Å². The minimum absolute atomic E-state index is 0.000462. The maximum atomic E-state index is 15.6. The van der Waals surface area contributed by atoms with Crippen molar-refractivity contribution < 1.29 is 57.7 Å². The first-order valence-corrected chi connectivity index (χ1v) is 42.7. The van der Waals surface area contributed by atoms with Crippen LogP contribution in [-0.4, -0.2) is 192 Å². The topological polar surface area (TPSA) is 331 Å². The monoisotopic (exact) mass is 1660 g/mol. The van der Waals surface area contributed by atoms with Crippen molar-refractivity contribution in [3.63, 3.8) is 0 Å². The predicted octanol–water partition coefficient (Wildman–Crippen LogP) is 10.5. The van der Waals surface area contributed by atoms with E-state index in [0.29, 0.717) is 29.7 Å². The largest absolute Gasteiger partial charge is 0.488 e. The Kier molecular flexibility index (Phi) is 25.6. The molecule has 8 heterocycles. The molecule has 29 heteroatoms. The third-order valence-corrected chi connectivity index (χ3v) is 25.9. The lowest BCUT2D eigenvalue weighted by Gasteiger charge is -2.40.